The average molecular weight is 275 g/mol. The molecule has 0 spiro atoms. The van der Waals surface area contributed by atoms with E-state index >= 15 is 0 Å². The van der Waals surface area contributed by atoms with Gasteiger partial charge in [0.25, 0.3) is 0 Å². The van der Waals surface area contributed by atoms with Gasteiger partial charge in [0.2, 0.25) is 0 Å². The third-order valence-corrected chi connectivity index (χ3v) is 3.29. The molecule has 1 aromatic carbocycles. The minimum Gasteiger partial charge on any atom is -0.497 e. The molecular formula is C15H21N3O2. The lowest BCUT2D eigenvalue weighted by Crippen LogP contribution is -2.12. The van der Waals surface area contributed by atoms with Crippen LogP contribution < -0.4 is 14.8 Å². The third kappa shape index (κ3) is 2.77. The molecule has 20 heavy (non-hydrogen) atoms. The van der Waals surface area contributed by atoms with E-state index in [0.717, 1.165) is 36.0 Å². The van der Waals surface area contributed by atoms with Crippen molar-refractivity contribution < 1.29 is 9.47 Å². The summed E-state index contributed by atoms with van der Waals surface area (Å²) in [5.41, 5.74) is 3.20. The number of benzene rings is 1. The van der Waals surface area contributed by atoms with E-state index in [4.69, 9.17) is 9.47 Å². The molecule has 0 fully saturated rings. The van der Waals surface area contributed by atoms with Gasteiger partial charge >= 0.3 is 0 Å². The highest BCUT2D eigenvalue weighted by molar-refractivity contribution is 5.51. The van der Waals surface area contributed by atoms with Gasteiger partial charge in [0, 0.05) is 23.9 Å². The SMILES string of the molecule is CCNCc1cnn(-c2ccc(OC)cc2OC)c1C. The van der Waals surface area contributed by atoms with Gasteiger partial charge in [-0.2, -0.15) is 5.10 Å². The summed E-state index contributed by atoms with van der Waals surface area (Å²) in [6, 6.07) is 5.72. The molecule has 0 aliphatic rings. The molecule has 0 amide bonds. The zero-order valence-electron chi connectivity index (χ0n) is 12.4. The summed E-state index contributed by atoms with van der Waals surface area (Å²) in [5, 5.41) is 7.77. The van der Waals surface area contributed by atoms with E-state index in [1.807, 2.05) is 29.1 Å². The number of hydrogen-bond donors (Lipinski definition) is 1. The maximum absolute atomic E-state index is 5.43. The monoisotopic (exact) mass is 275 g/mol. The van der Waals surface area contributed by atoms with Crippen molar-refractivity contribution in [3.8, 4) is 17.2 Å². The van der Waals surface area contributed by atoms with Crippen molar-refractivity contribution in [3.63, 3.8) is 0 Å². The van der Waals surface area contributed by atoms with E-state index in [9.17, 15) is 0 Å². The molecule has 1 heterocycles. The molecule has 1 N–H and O–H groups in total. The van der Waals surface area contributed by atoms with Crippen LogP contribution in [0.5, 0.6) is 11.5 Å². The second-order valence-electron chi connectivity index (χ2n) is 4.49. The van der Waals surface area contributed by atoms with Crippen LogP contribution in [0.15, 0.2) is 24.4 Å². The fraction of sp³-hybridized carbons (Fsp3) is 0.400. The van der Waals surface area contributed by atoms with Crippen molar-refractivity contribution in [2.24, 2.45) is 0 Å². The highest BCUT2D eigenvalue weighted by Gasteiger charge is 2.12. The zero-order valence-corrected chi connectivity index (χ0v) is 12.4. The van der Waals surface area contributed by atoms with E-state index in [1.165, 1.54) is 5.56 Å². The first kappa shape index (κ1) is 14.4. The third-order valence-electron chi connectivity index (χ3n) is 3.29. The summed E-state index contributed by atoms with van der Waals surface area (Å²) in [5.74, 6) is 1.51. The summed E-state index contributed by atoms with van der Waals surface area (Å²) in [4.78, 5) is 0. The quantitative estimate of drug-likeness (QED) is 0.879. The lowest BCUT2D eigenvalue weighted by molar-refractivity contribution is 0.392. The van der Waals surface area contributed by atoms with Gasteiger partial charge in [0.15, 0.2) is 0 Å². The number of rotatable bonds is 6. The fourth-order valence-electron chi connectivity index (χ4n) is 2.08. The van der Waals surface area contributed by atoms with Crippen LogP contribution in [-0.2, 0) is 6.54 Å². The van der Waals surface area contributed by atoms with Gasteiger partial charge in [-0.05, 0) is 25.6 Å². The summed E-state index contributed by atoms with van der Waals surface area (Å²) in [6.07, 6.45) is 1.89. The van der Waals surface area contributed by atoms with Gasteiger partial charge in [-0.3, -0.25) is 0 Å². The molecular weight excluding hydrogens is 254 g/mol. The predicted octanol–water partition coefficient (Wildman–Crippen LogP) is 2.31. The molecule has 0 aliphatic heterocycles. The van der Waals surface area contributed by atoms with Crippen LogP contribution in [0.4, 0.5) is 0 Å². The lowest BCUT2D eigenvalue weighted by Gasteiger charge is -2.12. The van der Waals surface area contributed by atoms with E-state index in [-0.39, 0.29) is 0 Å². The fourth-order valence-corrected chi connectivity index (χ4v) is 2.08. The number of nitrogens with one attached hydrogen (secondary N) is 1. The van der Waals surface area contributed by atoms with E-state index in [0.29, 0.717) is 0 Å². The van der Waals surface area contributed by atoms with Gasteiger partial charge in [-0.1, -0.05) is 6.92 Å². The molecule has 0 saturated heterocycles. The highest BCUT2D eigenvalue weighted by atomic mass is 16.5. The Morgan fingerprint density at radius 2 is 2.05 bits per heavy atom. The highest BCUT2D eigenvalue weighted by Crippen LogP contribution is 2.28. The van der Waals surface area contributed by atoms with E-state index in [2.05, 4.69) is 24.3 Å². The molecule has 1 aromatic heterocycles. The minimum atomic E-state index is 0.741. The number of nitrogens with zero attached hydrogens (tertiary/aromatic N) is 2. The Bertz CT molecular complexity index is 578. The Morgan fingerprint density at radius 1 is 1.25 bits per heavy atom. The van der Waals surface area contributed by atoms with Gasteiger partial charge in [-0.15, -0.1) is 0 Å². The molecule has 0 unspecified atom stereocenters. The summed E-state index contributed by atoms with van der Waals surface area (Å²) >= 11 is 0. The number of aromatic nitrogens is 2. The Hall–Kier alpha value is -2.01. The van der Waals surface area contributed by atoms with Crippen molar-refractivity contribution in [1.29, 1.82) is 0 Å². The normalized spacial score (nSPS) is 10.6. The van der Waals surface area contributed by atoms with Crippen molar-refractivity contribution >= 4 is 0 Å². The Labute approximate surface area is 119 Å². The molecule has 2 aromatic rings. The first-order valence-corrected chi connectivity index (χ1v) is 6.67. The van der Waals surface area contributed by atoms with Crippen LogP contribution in [-0.4, -0.2) is 30.5 Å². The van der Waals surface area contributed by atoms with Crippen LogP contribution >= 0.6 is 0 Å². The largest absolute Gasteiger partial charge is 0.497 e. The molecule has 0 radical (unpaired) electrons. The molecule has 0 atom stereocenters. The Kier molecular flexibility index (Phi) is 4.63. The predicted molar refractivity (Wildman–Crippen MR) is 78.8 cm³/mol. The first-order chi connectivity index (χ1) is 9.71. The molecule has 0 bridgehead atoms. The molecule has 0 aliphatic carbocycles. The molecule has 5 nitrogen and oxygen atoms in total. The van der Waals surface area contributed by atoms with Crippen molar-refractivity contribution in [1.82, 2.24) is 15.1 Å². The van der Waals surface area contributed by atoms with Crippen molar-refractivity contribution in [2.75, 3.05) is 20.8 Å². The minimum absolute atomic E-state index is 0.741. The second kappa shape index (κ2) is 6.43. The standard InChI is InChI=1S/C15H21N3O2/c1-5-16-9-12-10-17-18(11(12)2)14-7-6-13(19-3)8-15(14)20-4/h6-8,10,16H,5,9H2,1-4H3. The summed E-state index contributed by atoms with van der Waals surface area (Å²) < 4.78 is 12.5. The Balaban J connectivity index is 2.38. The van der Waals surface area contributed by atoms with Gasteiger partial charge in [0.1, 0.15) is 17.2 Å². The Morgan fingerprint density at radius 3 is 2.70 bits per heavy atom. The summed E-state index contributed by atoms with van der Waals surface area (Å²) in [7, 11) is 3.29. The number of ether oxygens (including phenoxy) is 2. The van der Waals surface area contributed by atoms with Crippen LogP contribution in [0.2, 0.25) is 0 Å². The van der Waals surface area contributed by atoms with E-state index < -0.39 is 0 Å². The first-order valence-electron chi connectivity index (χ1n) is 6.67. The topological polar surface area (TPSA) is 48.3 Å². The number of methoxy groups -OCH3 is 2. The van der Waals surface area contributed by atoms with Crippen molar-refractivity contribution in [3.05, 3.63) is 35.7 Å². The lowest BCUT2D eigenvalue weighted by atomic mass is 10.2. The second-order valence-corrected chi connectivity index (χ2v) is 4.49. The zero-order chi connectivity index (χ0) is 14.5. The van der Waals surface area contributed by atoms with Crippen LogP contribution in [0.1, 0.15) is 18.2 Å². The van der Waals surface area contributed by atoms with Crippen LogP contribution in [0.25, 0.3) is 5.69 Å². The van der Waals surface area contributed by atoms with Crippen LogP contribution in [0, 0.1) is 6.92 Å². The van der Waals surface area contributed by atoms with Gasteiger partial charge < -0.3 is 14.8 Å². The maximum atomic E-state index is 5.43. The number of hydrogen-bond acceptors (Lipinski definition) is 4. The van der Waals surface area contributed by atoms with E-state index in [1.54, 1.807) is 14.2 Å². The molecule has 2 rings (SSSR count). The van der Waals surface area contributed by atoms with Crippen molar-refractivity contribution in [2.45, 2.75) is 20.4 Å². The molecule has 0 saturated carbocycles. The van der Waals surface area contributed by atoms with Gasteiger partial charge in [-0.25, -0.2) is 4.68 Å². The van der Waals surface area contributed by atoms with Crippen LogP contribution in [0.3, 0.4) is 0 Å². The molecule has 108 valence electrons. The smallest absolute Gasteiger partial charge is 0.148 e. The maximum Gasteiger partial charge on any atom is 0.148 e. The molecule has 5 heteroatoms. The summed E-state index contributed by atoms with van der Waals surface area (Å²) in [6.45, 7) is 5.91. The van der Waals surface area contributed by atoms with Gasteiger partial charge in [0.05, 0.1) is 20.4 Å². The average Bonchev–Trinajstić information content (AvgIpc) is 2.85.